The first-order chi connectivity index (χ1) is 11.5. The molecule has 1 aliphatic heterocycles. The number of nitrogens with one attached hydrogen (secondary N) is 1. The van der Waals surface area contributed by atoms with Gasteiger partial charge in [-0.1, -0.05) is 0 Å². The van der Waals surface area contributed by atoms with Gasteiger partial charge in [-0.25, -0.2) is 9.18 Å². The van der Waals surface area contributed by atoms with E-state index >= 15 is 0 Å². The predicted molar refractivity (Wildman–Crippen MR) is 82.5 cm³/mol. The fourth-order valence-corrected chi connectivity index (χ4v) is 2.08. The Labute approximate surface area is 137 Å². The van der Waals surface area contributed by atoms with Gasteiger partial charge in [0.25, 0.3) is 5.91 Å². The molecule has 24 heavy (non-hydrogen) atoms. The van der Waals surface area contributed by atoms with Crippen molar-refractivity contribution in [3.8, 4) is 11.5 Å². The van der Waals surface area contributed by atoms with Crippen LogP contribution in [0.5, 0.6) is 11.5 Å². The molecule has 2 aromatic rings. The van der Waals surface area contributed by atoms with E-state index in [0.717, 1.165) is 0 Å². The van der Waals surface area contributed by atoms with E-state index in [4.69, 9.17) is 14.2 Å². The van der Waals surface area contributed by atoms with Crippen LogP contribution >= 0.6 is 0 Å². The van der Waals surface area contributed by atoms with Gasteiger partial charge in [-0.3, -0.25) is 4.79 Å². The lowest BCUT2D eigenvalue weighted by molar-refractivity contribution is -0.123. The van der Waals surface area contributed by atoms with Crippen LogP contribution in [-0.2, 0) is 9.53 Å². The van der Waals surface area contributed by atoms with Crippen LogP contribution in [0.3, 0.4) is 0 Å². The van der Waals surface area contributed by atoms with Crippen molar-refractivity contribution in [3.63, 3.8) is 0 Å². The summed E-state index contributed by atoms with van der Waals surface area (Å²) >= 11 is 0. The minimum atomic E-state index is -1.02. The van der Waals surface area contributed by atoms with Crippen LogP contribution < -0.4 is 14.8 Å². The van der Waals surface area contributed by atoms with Crippen LogP contribution in [0.25, 0.3) is 0 Å². The monoisotopic (exact) mass is 331 g/mol. The first-order valence-corrected chi connectivity index (χ1v) is 7.20. The van der Waals surface area contributed by atoms with Gasteiger partial charge < -0.3 is 19.5 Å². The third kappa shape index (κ3) is 3.45. The minimum Gasteiger partial charge on any atom is -0.454 e. The normalized spacial score (nSPS) is 13.2. The first kappa shape index (κ1) is 15.8. The summed E-state index contributed by atoms with van der Waals surface area (Å²) in [4.78, 5) is 24.1. The van der Waals surface area contributed by atoms with Crippen LogP contribution in [0.1, 0.15) is 17.3 Å². The van der Waals surface area contributed by atoms with Gasteiger partial charge in [0.05, 0.1) is 5.56 Å². The Hall–Kier alpha value is -3.09. The maximum atomic E-state index is 12.8. The molecule has 0 bridgehead atoms. The van der Waals surface area contributed by atoms with Crippen LogP contribution in [-0.4, -0.2) is 24.8 Å². The van der Waals surface area contributed by atoms with Crippen molar-refractivity contribution in [2.45, 2.75) is 13.0 Å². The van der Waals surface area contributed by atoms with Gasteiger partial charge >= 0.3 is 5.97 Å². The Kier molecular flexibility index (Phi) is 4.33. The average Bonchev–Trinajstić information content (AvgIpc) is 3.04. The van der Waals surface area contributed by atoms with Gasteiger partial charge in [0, 0.05) is 5.69 Å². The summed E-state index contributed by atoms with van der Waals surface area (Å²) in [6, 6.07) is 9.90. The van der Waals surface area contributed by atoms with Crippen molar-refractivity contribution >= 4 is 17.6 Å². The highest BCUT2D eigenvalue weighted by Crippen LogP contribution is 2.32. The number of hydrogen-bond donors (Lipinski definition) is 1. The third-order valence-electron chi connectivity index (χ3n) is 3.37. The zero-order valence-corrected chi connectivity index (χ0v) is 12.7. The molecular weight excluding hydrogens is 317 g/mol. The first-order valence-electron chi connectivity index (χ1n) is 7.20. The van der Waals surface area contributed by atoms with Gasteiger partial charge in [-0.15, -0.1) is 0 Å². The molecule has 1 atom stereocenters. The molecular formula is C17H14FNO5. The molecule has 1 N–H and O–H groups in total. The van der Waals surface area contributed by atoms with Gasteiger partial charge in [-0.05, 0) is 49.4 Å². The zero-order chi connectivity index (χ0) is 17.1. The minimum absolute atomic E-state index is 0.102. The fraction of sp³-hybridized carbons (Fsp3) is 0.176. The number of hydrogen-bond acceptors (Lipinski definition) is 5. The Morgan fingerprint density at radius 3 is 2.58 bits per heavy atom. The number of carbonyl (C=O) groups is 2. The van der Waals surface area contributed by atoms with E-state index in [9.17, 15) is 14.0 Å². The number of carbonyl (C=O) groups excluding carboxylic acids is 2. The summed E-state index contributed by atoms with van der Waals surface area (Å²) in [6.45, 7) is 1.55. The summed E-state index contributed by atoms with van der Waals surface area (Å²) < 4.78 is 28.3. The second-order valence-corrected chi connectivity index (χ2v) is 5.11. The number of esters is 1. The van der Waals surface area contributed by atoms with Crippen molar-refractivity contribution in [2.24, 2.45) is 0 Å². The van der Waals surface area contributed by atoms with Crippen LogP contribution in [0, 0.1) is 5.82 Å². The lowest BCUT2D eigenvalue weighted by Crippen LogP contribution is -2.30. The lowest BCUT2D eigenvalue weighted by Gasteiger charge is -2.13. The summed E-state index contributed by atoms with van der Waals surface area (Å²) in [5.41, 5.74) is 0.660. The van der Waals surface area contributed by atoms with Gasteiger partial charge in [0.15, 0.2) is 17.6 Å². The van der Waals surface area contributed by atoms with E-state index < -0.39 is 23.8 Å². The number of fused-ring (bicyclic) bond motifs is 1. The second-order valence-electron chi connectivity index (χ2n) is 5.11. The number of ether oxygens (including phenoxy) is 3. The quantitative estimate of drug-likeness (QED) is 0.872. The molecule has 1 amide bonds. The highest BCUT2D eigenvalue weighted by molar-refractivity contribution is 5.97. The van der Waals surface area contributed by atoms with Crippen molar-refractivity contribution in [3.05, 3.63) is 53.8 Å². The smallest absolute Gasteiger partial charge is 0.339 e. The molecule has 1 aliphatic rings. The molecule has 0 saturated carbocycles. The fourth-order valence-electron chi connectivity index (χ4n) is 2.08. The molecule has 6 nitrogen and oxygen atoms in total. The van der Waals surface area contributed by atoms with Gasteiger partial charge in [0.1, 0.15) is 5.82 Å². The molecule has 0 unspecified atom stereocenters. The van der Waals surface area contributed by atoms with Crippen LogP contribution in [0.2, 0.25) is 0 Å². The standard InChI is InChI=1S/C17H14FNO5/c1-10(16(20)19-13-5-3-12(18)4-6-13)24-17(21)11-2-7-14-15(8-11)23-9-22-14/h2-8,10H,9H2,1H3,(H,19,20)/t10-/m0/s1. The van der Waals surface area contributed by atoms with E-state index in [-0.39, 0.29) is 12.4 Å². The van der Waals surface area contributed by atoms with Crippen molar-refractivity contribution in [1.29, 1.82) is 0 Å². The topological polar surface area (TPSA) is 73.9 Å². The van der Waals surface area contributed by atoms with E-state index in [1.807, 2.05) is 0 Å². The zero-order valence-electron chi connectivity index (χ0n) is 12.7. The maximum Gasteiger partial charge on any atom is 0.339 e. The van der Waals surface area contributed by atoms with E-state index in [1.54, 1.807) is 6.07 Å². The molecule has 0 aliphatic carbocycles. The van der Waals surface area contributed by atoms with Crippen LogP contribution in [0.15, 0.2) is 42.5 Å². The molecule has 124 valence electrons. The number of amides is 1. The molecule has 0 spiro atoms. The van der Waals surface area contributed by atoms with Crippen LogP contribution in [0.4, 0.5) is 10.1 Å². The number of rotatable bonds is 4. The Morgan fingerprint density at radius 1 is 1.12 bits per heavy atom. The second kappa shape index (κ2) is 6.57. The lowest BCUT2D eigenvalue weighted by atomic mass is 10.2. The third-order valence-corrected chi connectivity index (χ3v) is 3.37. The van der Waals surface area contributed by atoms with Crippen molar-refractivity contribution in [1.82, 2.24) is 0 Å². The Bertz CT molecular complexity index is 775. The predicted octanol–water partition coefficient (Wildman–Crippen LogP) is 2.74. The van der Waals surface area contributed by atoms with E-state index in [0.29, 0.717) is 17.2 Å². The SMILES string of the molecule is C[C@H](OC(=O)c1ccc2c(c1)OCO2)C(=O)Nc1ccc(F)cc1. The molecule has 0 aromatic heterocycles. The maximum absolute atomic E-state index is 12.8. The number of anilines is 1. The molecule has 0 fully saturated rings. The molecule has 3 rings (SSSR count). The Morgan fingerprint density at radius 2 is 1.83 bits per heavy atom. The molecule has 0 radical (unpaired) electrons. The van der Waals surface area contributed by atoms with Gasteiger partial charge in [0.2, 0.25) is 6.79 Å². The summed E-state index contributed by atoms with van der Waals surface area (Å²) in [6.07, 6.45) is -1.02. The highest BCUT2D eigenvalue weighted by atomic mass is 19.1. The molecule has 2 aromatic carbocycles. The van der Waals surface area contributed by atoms with E-state index in [2.05, 4.69) is 5.32 Å². The van der Waals surface area contributed by atoms with Crippen molar-refractivity contribution in [2.75, 3.05) is 12.1 Å². The summed E-state index contributed by atoms with van der Waals surface area (Å²) in [5.74, 6) is -0.581. The highest BCUT2D eigenvalue weighted by Gasteiger charge is 2.21. The van der Waals surface area contributed by atoms with Gasteiger partial charge in [-0.2, -0.15) is 0 Å². The Balaban J connectivity index is 1.61. The average molecular weight is 331 g/mol. The summed E-state index contributed by atoms with van der Waals surface area (Å²) in [5, 5.41) is 2.54. The molecule has 7 heteroatoms. The molecule has 0 saturated heterocycles. The van der Waals surface area contributed by atoms with Crippen molar-refractivity contribution < 1.29 is 28.2 Å². The number of halogens is 1. The summed E-state index contributed by atoms with van der Waals surface area (Å²) in [7, 11) is 0. The molecule has 1 heterocycles. The van der Waals surface area contributed by atoms with E-state index in [1.165, 1.54) is 43.3 Å². The number of benzene rings is 2. The largest absolute Gasteiger partial charge is 0.454 e.